The quantitative estimate of drug-likeness (QED) is 0.0243. The molecule has 0 rings (SSSR count). The van der Waals surface area contributed by atoms with E-state index in [0.29, 0.717) is 17.4 Å². The predicted molar refractivity (Wildman–Crippen MR) is 277 cm³/mol. The molecule has 3 N–H and O–H groups in total. The molecule has 64 heavy (non-hydrogen) atoms. The second kappa shape index (κ2) is 46.8. The summed E-state index contributed by atoms with van der Waals surface area (Å²) in [5.74, 6) is -0.176. The van der Waals surface area contributed by atoms with Crippen LogP contribution in [-0.4, -0.2) is 73.4 Å². The zero-order valence-corrected chi connectivity index (χ0v) is 43.9. The lowest BCUT2D eigenvalue weighted by Gasteiger charge is -2.25. The van der Waals surface area contributed by atoms with Gasteiger partial charge >= 0.3 is 7.82 Å². The molecule has 3 atom stereocenters. The van der Waals surface area contributed by atoms with E-state index in [1.807, 2.05) is 27.2 Å². The Labute approximate surface area is 397 Å². The lowest BCUT2D eigenvalue weighted by atomic mass is 10.0. The SMILES string of the molecule is CCCCCCC/C=C\C/C=C\CCCCCCCCCCCCCCCCCCCCCCCC(=O)NC(COP(=O)(O)OCC[N+](C)(C)C)C(O)/C=C/CCCCCCCCC. The van der Waals surface area contributed by atoms with Crippen LogP contribution >= 0.6 is 7.82 Å². The maximum Gasteiger partial charge on any atom is 0.472 e. The molecule has 0 bridgehead atoms. The first-order valence-corrected chi connectivity index (χ1v) is 28.9. The van der Waals surface area contributed by atoms with Gasteiger partial charge in [-0.25, -0.2) is 4.57 Å². The van der Waals surface area contributed by atoms with Crippen molar-refractivity contribution in [2.75, 3.05) is 40.9 Å². The van der Waals surface area contributed by atoms with Crippen LogP contribution in [0.4, 0.5) is 0 Å². The summed E-state index contributed by atoms with van der Waals surface area (Å²) >= 11 is 0. The van der Waals surface area contributed by atoms with E-state index in [4.69, 9.17) is 9.05 Å². The Morgan fingerprint density at radius 1 is 0.531 bits per heavy atom. The molecule has 0 heterocycles. The first-order valence-electron chi connectivity index (χ1n) is 27.4. The maximum atomic E-state index is 12.9. The topological polar surface area (TPSA) is 105 Å². The molecule has 0 spiro atoms. The highest BCUT2D eigenvalue weighted by Crippen LogP contribution is 2.43. The van der Waals surface area contributed by atoms with Crippen molar-refractivity contribution in [1.82, 2.24) is 5.32 Å². The fraction of sp³-hybridized carbons (Fsp3) is 0.873. The zero-order valence-electron chi connectivity index (χ0n) is 43.0. The molecule has 0 aliphatic rings. The number of nitrogens with one attached hydrogen (secondary N) is 1. The van der Waals surface area contributed by atoms with Crippen LogP contribution in [0.5, 0.6) is 0 Å². The summed E-state index contributed by atoms with van der Waals surface area (Å²) < 4.78 is 23.6. The lowest BCUT2D eigenvalue weighted by Crippen LogP contribution is -2.45. The number of likely N-dealkylation sites (N-methyl/N-ethyl adjacent to an activating group) is 1. The summed E-state index contributed by atoms with van der Waals surface area (Å²) in [5, 5.41) is 13.8. The molecule has 0 aliphatic heterocycles. The third kappa shape index (κ3) is 48.6. The summed E-state index contributed by atoms with van der Waals surface area (Å²) in [6.45, 7) is 4.79. The minimum absolute atomic E-state index is 0.0627. The molecule has 8 nitrogen and oxygen atoms in total. The minimum Gasteiger partial charge on any atom is -0.387 e. The molecule has 0 saturated carbocycles. The number of hydrogen-bond acceptors (Lipinski definition) is 5. The molecule has 0 aromatic rings. The zero-order chi connectivity index (χ0) is 47.1. The average Bonchev–Trinajstić information content (AvgIpc) is 3.25. The van der Waals surface area contributed by atoms with E-state index < -0.39 is 20.0 Å². The molecular weight excluding hydrogens is 816 g/mol. The Hall–Kier alpha value is -1.28. The summed E-state index contributed by atoms with van der Waals surface area (Å²) in [5.41, 5.74) is 0. The molecule has 0 aromatic carbocycles. The van der Waals surface area contributed by atoms with Gasteiger partial charge in [0.25, 0.3) is 0 Å². The van der Waals surface area contributed by atoms with Gasteiger partial charge in [-0.3, -0.25) is 13.8 Å². The third-order valence-corrected chi connectivity index (χ3v) is 13.3. The van der Waals surface area contributed by atoms with Crippen LogP contribution in [0.3, 0.4) is 0 Å². The van der Waals surface area contributed by atoms with Crippen LogP contribution in [0.15, 0.2) is 36.5 Å². The predicted octanol–water partition coefficient (Wildman–Crippen LogP) is 16.2. The number of carbonyl (C=O) groups excluding carboxylic acids is 1. The van der Waals surface area contributed by atoms with Crippen molar-refractivity contribution in [3.8, 4) is 0 Å². The van der Waals surface area contributed by atoms with E-state index in [1.165, 1.54) is 193 Å². The van der Waals surface area contributed by atoms with E-state index in [9.17, 15) is 19.4 Å². The first-order chi connectivity index (χ1) is 31.0. The number of allylic oxidation sites excluding steroid dienone is 5. The summed E-state index contributed by atoms with van der Waals surface area (Å²) in [7, 11) is 1.58. The van der Waals surface area contributed by atoms with Crippen molar-refractivity contribution in [3.05, 3.63) is 36.5 Å². The third-order valence-electron chi connectivity index (χ3n) is 12.4. The molecule has 0 aliphatic carbocycles. The second-order valence-electron chi connectivity index (χ2n) is 20.0. The number of amides is 1. The van der Waals surface area contributed by atoms with E-state index >= 15 is 0 Å². The van der Waals surface area contributed by atoms with Gasteiger partial charge in [-0.1, -0.05) is 237 Å². The highest BCUT2D eigenvalue weighted by Gasteiger charge is 2.27. The van der Waals surface area contributed by atoms with Gasteiger partial charge in [0.15, 0.2) is 0 Å². The Morgan fingerprint density at radius 2 is 0.891 bits per heavy atom. The largest absolute Gasteiger partial charge is 0.472 e. The van der Waals surface area contributed by atoms with E-state index in [2.05, 4.69) is 43.5 Å². The molecule has 0 aromatic heterocycles. The Balaban J connectivity index is 3.91. The molecular formula is C55H108N2O6P+. The van der Waals surface area contributed by atoms with Crippen molar-refractivity contribution in [2.45, 2.75) is 270 Å². The van der Waals surface area contributed by atoms with Crippen molar-refractivity contribution < 1.29 is 32.9 Å². The number of nitrogens with zero attached hydrogens (tertiary/aromatic N) is 1. The van der Waals surface area contributed by atoms with Crippen LogP contribution in [-0.2, 0) is 18.4 Å². The number of phosphoric acid groups is 1. The van der Waals surface area contributed by atoms with Gasteiger partial charge in [-0.15, -0.1) is 0 Å². The Kier molecular flexibility index (Phi) is 45.9. The highest BCUT2D eigenvalue weighted by molar-refractivity contribution is 7.47. The molecule has 9 heteroatoms. The average molecular weight is 924 g/mol. The molecule has 0 radical (unpaired) electrons. The number of aliphatic hydroxyl groups excluding tert-OH is 1. The molecule has 1 amide bonds. The summed E-state index contributed by atoms with van der Waals surface area (Å²) in [6.07, 6.45) is 59.8. The van der Waals surface area contributed by atoms with Gasteiger partial charge in [0.05, 0.1) is 39.9 Å². The highest BCUT2D eigenvalue weighted by atomic mass is 31.2. The standard InChI is InChI=1S/C55H107N2O6P/c1-6-8-10-12-14-16-17-18-19-20-21-22-23-24-25-26-27-28-29-30-31-32-33-34-35-36-37-38-39-41-43-45-47-49-55(59)56-53(52-63-64(60,61)62-51-50-57(3,4)5)54(58)48-46-44-42-40-15-13-11-9-7-2/h17-18,20-21,46,48,53-54,58H,6-16,19,22-45,47,49-52H2,1-5H3,(H-,56,59,60,61)/p+1/b18-17-,21-20-,48-46+. The second-order valence-corrected chi connectivity index (χ2v) is 21.4. The Bertz CT molecular complexity index is 1140. The monoisotopic (exact) mass is 924 g/mol. The van der Waals surface area contributed by atoms with Crippen LogP contribution in [0.25, 0.3) is 0 Å². The van der Waals surface area contributed by atoms with Gasteiger partial charge in [0.1, 0.15) is 13.2 Å². The summed E-state index contributed by atoms with van der Waals surface area (Å²) in [6, 6.07) is -0.842. The van der Waals surface area contributed by atoms with Crippen LogP contribution in [0, 0.1) is 0 Å². The number of unbranched alkanes of at least 4 members (excludes halogenated alkanes) is 33. The van der Waals surface area contributed by atoms with Crippen molar-refractivity contribution in [3.63, 3.8) is 0 Å². The fourth-order valence-electron chi connectivity index (χ4n) is 8.01. The van der Waals surface area contributed by atoms with E-state index in [0.717, 1.165) is 44.9 Å². The normalized spacial score (nSPS) is 14.3. The molecule has 0 saturated heterocycles. The van der Waals surface area contributed by atoms with Crippen LogP contribution in [0.2, 0.25) is 0 Å². The van der Waals surface area contributed by atoms with Crippen LogP contribution < -0.4 is 5.32 Å². The number of quaternary nitrogens is 1. The molecule has 0 fully saturated rings. The summed E-state index contributed by atoms with van der Waals surface area (Å²) in [4.78, 5) is 23.1. The van der Waals surface area contributed by atoms with Gasteiger partial charge in [0.2, 0.25) is 5.91 Å². The number of carbonyl (C=O) groups is 1. The maximum absolute atomic E-state index is 12.9. The smallest absolute Gasteiger partial charge is 0.387 e. The molecule has 3 unspecified atom stereocenters. The van der Waals surface area contributed by atoms with Crippen LogP contribution in [0.1, 0.15) is 258 Å². The number of hydrogen-bond donors (Lipinski definition) is 3. The Morgan fingerprint density at radius 3 is 1.28 bits per heavy atom. The van der Waals surface area contributed by atoms with Crippen molar-refractivity contribution in [2.24, 2.45) is 0 Å². The number of rotatable bonds is 50. The lowest BCUT2D eigenvalue weighted by molar-refractivity contribution is -0.870. The van der Waals surface area contributed by atoms with Crippen molar-refractivity contribution >= 4 is 13.7 Å². The van der Waals surface area contributed by atoms with E-state index in [-0.39, 0.29) is 19.1 Å². The van der Waals surface area contributed by atoms with E-state index in [1.54, 1.807) is 6.08 Å². The minimum atomic E-state index is -4.33. The fourth-order valence-corrected chi connectivity index (χ4v) is 8.75. The first kappa shape index (κ1) is 62.7. The van der Waals surface area contributed by atoms with Gasteiger partial charge in [0, 0.05) is 6.42 Å². The molecule has 378 valence electrons. The van der Waals surface area contributed by atoms with Crippen molar-refractivity contribution in [1.29, 1.82) is 0 Å². The van der Waals surface area contributed by atoms with Gasteiger partial charge in [-0.2, -0.15) is 0 Å². The van der Waals surface area contributed by atoms with Gasteiger partial charge in [-0.05, 0) is 51.4 Å². The number of phosphoric ester groups is 1. The number of aliphatic hydroxyl groups is 1. The van der Waals surface area contributed by atoms with Gasteiger partial charge < -0.3 is 19.8 Å².